The van der Waals surface area contributed by atoms with Crippen molar-refractivity contribution >= 4 is 68.3 Å². The second kappa shape index (κ2) is 11.9. The monoisotopic (exact) mass is 647 g/mol. The maximum atomic E-state index is 12.9. The minimum Gasteiger partial charge on any atom is -0.478 e. The zero-order valence-electron chi connectivity index (χ0n) is 23.4. The summed E-state index contributed by atoms with van der Waals surface area (Å²) in [7, 11) is -4.81. The van der Waals surface area contributed by atoms with Gasteiger partial charge in [0.2, 0.25) is 5.60 Å². The number of β-lactam (4-membered cyclic amide) rings is 1. The molecule has 6 N–H and O–H groups in total. The van der Waals surface area contributed by atoms with Crippen LogP contribution in [0.4, 0.5) is 19.5 Å². The van der Waals surface area contributed by atoms with Gasteiger partial charge in [0.15, 0.2) is 10.8 Å². The molecule has 2 aliphatic rings. The molecule has 1 unspecified atom stereocenters. The molecule has 3 heterocycles. The number of carboxylic acids is 1. The molecule has 1 atom stereocenters. The van der Waals surface area contributed by atoms with Gasteiger partial charge in [-0.05, 0) is 34.6 Å². The van der Waals surface area contributed by atoms with E-state index in [4.69, 9.17) is 15.3 Å². The van der Waals surface area contributed by atoms with E-state index in [0.717, 1.165) is 11.3 Å². The first kappa shape index (κ1) is 32.8. The number of carbonyl (C=O) groups excluding carboxylic acids is 5. The third-order valence-electron chi connectivity index (χ3n) is 5.44. The summed E-state index contributed by atoms with van der Waals surface area (Å²) in [4.78, 5) is 83.1. The molecule has 0 radical (unpaired) electrons. The quantitative estimate of drug-likeness (QED) is 0.119. The van der Waals surface area contributed by atoms with E-state index >= 15 is 0 Å². The van der Waals surface area contributed by atoms with Gasteiger partial charge < -0.3 is 25.7 Å². The number of carboxylic acid groups (broad SMARTS) is 1. The van der Waals surface area contributed by atoms with Crippen molar-refractivity contribution in [2.75, 3.05) is 25.4 Å². The lowest BCUT2D eigenvalue weighted by Crippen LogP contribution is -2.68. The van der Waals surface area contributed by atoms with Crippen molar-refractivity contribution in [2.45, 2.75) is 51.9 Å². The van der Waals surface area contributed by atoms with Crippen LogP contribution in [-0.4, -0.2) is 111 Å². The topological polar surface area (TPSA) is 272 Å². The molecule has 7 amide bonds. The van der Waals surface area contributed by atoms with Crippen molar-refractivity contribution in [3.63, 3.8) is 0 Å². The molecule has 2 saturated heterocycles. The molecule has 0 spiro atoms. The Morgan fingerprint density at radius 3 is 2.35 bits per heavy atom. The Morgan fingerprint density at radius 2 is 1.81 bits per heavy atom. The van der Waals surface area contributed by atoms with Gasteiger partial charge in [-0.25, -0.2) is 43.6 Å². The summed E-state index contributed by atoms with van der Waals surface area (Å²) in [6.07, 6.45) is -1.01. The molecule has 236 valence electrons. The predicted molar refractivity (Wildman–Crippen MR) is 145 cm³/mol. The molecule has 0 aromatic carbocycles. The van der Waals surface area contributed by atoms with Crippen LogP contribution in [0.3, 0.4) is 0 Å². The number of imide groups is 1. The van der Waals surface area contributed by atoms with Crippen LogP contribution in [0.15, 0.2) is 10.5 Å². The van der Waals surface area contributed by atoms with Gasteiger partial charge in [0.05, 0.1) is 19.6 Å². The average Bonchev–Trinajstić information content (AvgIpc) is 3.45. The molecule has 0 saturated carbocycles. The van der Waals surface area contributed by atoms with Crippen molar-refractivity contribution in [1.82, 2.24) is 34.7 Å². The highest BCUT2D eigenvalue weighted by Crippen LogP contribution is 2.18. The summed E-state index contributed by atoms with van der Waals surface area (Å²) in [5.41, 5.74) is 4.38. The van der Waals surface area contributed by atoms with E-state index in [1.807, 2.05) is 0 Å². The second-order valence-corrected chi connectivity index (χ2v) is 12.9. The van der Waals surface area contributed by atoms with E-state index < -0.39 is 82.2 Å². The molecule has 43 heavy (non-hydrogen) atoms. The fourth-order valence-corrected chi connectivity index (χ4v) is 4.83. The van der Waals surface area contributed by atoms with Gasteiger partial charge >= 0.3 is 34.3 Å². The third kappa shape index (κ3) is 7.77. The summed E-state index contributed by atoms with van der Waals surface area (Å²) in [5.74, 6) is -3.43. The van der Waals surface area contributed by atoms with Crippen LogP contribution in [0.25, 0.3) is 0 Å². The number of rotatable bonds is 9. The first-order valence-electron chi connectivity index (χ1n) is 12.2. The summed E-state index contributed by atoms with van der Waals surface area (Å²) in [6.45, 7) is 5.93. The van der Waals surface area contributed by atoms with Crippen LogP contribution in [0.2, 0.25) is 0 Å². The van der Waals surface area contributed by atoms with Crippen LogP contribution < -0.4 is 21.2 Å². The zero-order valence-corrected chi connectivity index (χ0v) is 25.1. The smallest absolute Gasteiger partial charge is 0.426 e. The van der Waals surface area contributed by atoms with E-state index in [-0.39, 0.29) is 21.7 Å². The molecular formula is C21H29N9O11S2. The van der Waals surface area contributed by atoms with Crippen molar-refractivity contribution in [3.8, 4) is 0 Å². The maximum absolute atomic E-state index is 12.9. The molecule has 2 aliphatic heterocycles. The summed E-state index contributed by atoms with van der Waals surface area (Å²) in [6, 6.07) is -3.90. The minimum absolute atomic E-state index is 0.0528. The van der Waals surface area contributed by atoms with Gasteiger partial charge in [-0.15, -0.1) is 11.3 Å². The number of hydrogen-bond donors (Lipinski definition) is 5. The van der Waals surface area contributed by atoms with Gasteiger partial charge in [0.25, 0.3) is 11.8 Å². The zero-order chi connectivity index (χ0) is 32.5. The van der Waals surface area contributed by atoms with Crippen molar-refractivity contribution in [2.24, 2.45) is 5.16 Å². The van der Waals surface area contributed by atoms with Crippen molar-refractivity contribution in [1.29, 1.82) is 0 Å². The Morgan fingerprint density at radius 1 is 1.16 bits per heavy atom. The highest BCUT2D eigenvalue weighted by atomic mass is 32.2. The lowest BCUT2D eigenvalue weighted by Gasteiger charge is -2.36. The number of ether oxygens (including phenoxy) is 1. The van der Waals surface area contributed by atoms with Crippen LogP contribution in [0, 0.1) is 0 Å². The number of nitrogen functional groups attached to an aromatic ring is 1. The lowest BCUT2D eigenvalue weighted by atomic mass is 10.1. The Kier molecular flexibility index (Phi) is 9.05. The highest BCUT2D eigenvalue weighted by Gasteiger charge is 2.46. The SMILES string of the molecule is CC(C)(C)OC(=O)NN1CCN(S(=O)(=O)NC(=O)N2CC(NC(=O)/C(=N\OC(C)(C)C(=O)O)c3csc(N)n3)C2=O)C1=O. The summed E-state index contributed by atoms with van der Waals surface area (Å²) in [5, 5.41) is 17.1. The van der Waals surface area contributed by atoms with Crippen LogP contribution in [0.5, 0.6) is 0 Å². The lowest BCUT2D eigenvalue weighted by molar-refractivity contribution is -0.161. The van der Waals surface area contributed by atoms with E-state index in [9.17, 15) is 42.3 Å². The number of hydrazine groups is 1. The molecule has 2 fully saturated rings. The number of aromatic nitrogens is 1. The van der Waals surface area contributed by atoms with Crippen LogP contribution in [-0.2, 0) is 34.2 Å². The number of likely N-dealkylation sites (tertiary alicyclic amines) is 1. The summed E-state index contributed by atoms with van der Waals surface area (Å²) < 4.78 is 32.2. The molecule has 0 bridgehead atoms. The molecular weight excluding hydrogens is 618 g/mol. The van der Waals surface area contributed by atoms with E-state index in [2.05, 4.69) is 20.9 Å². The minimum atomic E-state index is -4.81. The number of aliphatic carboxylic acids is 1. The standard InChI is InChI=1S/C21H29N9O11S2/c1-20(2,3)40-18(36)25-29-6-7-30(19(29)37)43(38,39)27-17(35)28-8-10(14(28)32)23-13(31)12(11-9-42-16(22)24-11)26-41-21(4,5)15(33)34/h9-10H,6-8H2,1-5H3,(H2,22,24)(H,23,31)(H,25,36)(H,27,35)(H,33,34)/b26-12-. The normalized spacial score (nSPS) is 17.7. The molecule has 3 rings (SSSR count). The Labute approximate surface area is 248 Å². The number of nitrogens with zero attached hydrogens (tertiary/aromatic N) is 5. The molecule has 22 heteroatoms. The van der Waals surface area contributed by atoms with Crippen molar-refractivity contribution in [3.05, 3.63) is 11.1 Å². The highest BCUT2D eigenvalue weighted by molar-refractivity contribution is 7.88. The third-order valence-corrected chi connectivity index (χ3v) is 7.47. The fourth-order valence-electron chi connectivity index (χ4n) is 3.22. The summed E-state index contributed by atoms with van der Waals surface area (Å²) >= 11 is 0.945. The van der Waals surface area contributed by atoms with E-state index in [0.29, 0.717) is 9.91 Å². The number of anilines is 1. The number of nitrogens with one attached hydrogen (secondary N) is 3. The predicted octanol–water partition coefficient (Wildman–Crippen LogP) is -1.23. The molecule has 1 aromatic heterocycles. The number of oxime groups is 1. The fraction of sp³-hybridized carbons (Fsp3) is 0.524. The average molecular weight is 648 g/mol. The van der Waals surface area contributed by atoms with Crippen LogP contribution >= 0.6 is 11.3 Å². The van der Waals surface area contributed by atoms with E-state index in [1.54, 1.807) is 25.5 Å². The number of urea groups is 2. The Hall–Kier alpha value is -4.73. The number of nitrogens with two attached hydrogens (primary N) is 1. The van der Waals surface area contributed by atoms with Gasteiger partial charge in [0, 0.05) is 5.38 Å². The van der Waals surface area contributed by atoms with Gasteiger partial charge in [-0.2, -0.15) is 8.42 Å². The first-order chi connectivity index (χ1) is 19.7. The number of amides is 7. The number of carbonyl (C=O) groups is 6. The number of thiazole rings is 1. The number of hydrogen-bond acceptors (Lipinski definition) is 14. The van der Waals surface area contributed by atoms with E-state index in [1.165, 1.54) is 19.2 Å². The Balaban J connectivity index is 1.61. The van der Waals surface area contributed by atoms with Crippen molar-refractivity contribution < 1.29 is 51.9 Å². The van der Waals surface area contributed by atoms with Gasteiger partial charge in [-0.1, -0.05) is 5.16 Å². The Bertz CT molecular complexity index is 1480. The van der Waals surface area contributed by atoms with Gasteiger partial charge in [0.1, 0.15) is 17.3 Å². The second-order valence-electron chi connectivity index (χ2n) is 10.4. The van der Waals surface area contributed by atoms with Gasteiger partial charge in [-0.3, -0.25) is 14.5 Å². The first-order valence-corrected chi connectivity index (χ1v) is 14.5. The molecule has 1 aromatic rings. The molecule has 0 aliphatic carbocycles. The van der Waals surface area contributed by atoms with Crippen LogP contribution in [0.1, 0.15) is 40.3 Å². The maximum Gasteiger partial charge on any atom is 0.426 e. The molecule has 20 nitrogen and oxygen atoms in total. The largest absolute Gasteiger partial charge is 0.478 e.